The molecule has 1 aliphatic rings. The van der Waals surface area contributed by atoms with E-state index < -0.39 is 11.6 Å². The van der Waals surface area contributed by atoms with E-state index in [-0.39, 0.29) is 5.91 Å². The smallest absolute Gasteiger partial charge is 0.322 e. The van der Waals surface area contributed by atoms with E-state index in [1.54, 1.807) is 6.92 Å². The summed E-state index contributed by atoms with van der Waals surface area (Å²) in [5.41, 5.74) is -0.816. The van der Waals surface area contributed by atoms with Gasteiger partial charge in [0, 0.05) is 6.42 Å². The van der Waals surface area contributed by atoms with Crippen LogP contribution in [0.1, 0.15) is 19.8 Å². The minimum atomic E-state index is -0.816. The molecule has 12 heavy (non-hydrogen) atoms. The van der Waals surface area contributed by atoms with Crippen molar-refractivity contribution in [2.24, 2.45) is 0 Å². The Morgan fingerprint density at radius 2 is 2.25 bits per heavy atom. The first-order chi connectivity index (χ1) is 5.58. The fourth-order valence-corrected chi connectivity index (χ4v) is 1.08. The molecule has 0 bridgehead atoms. The van der Waals surface area contributed by atoms with Gasteiger partial charge in [0.05, 0.1) is 0 Å². The Morgan fingerprint density at radius 1 is 1.58 bits per heavy atom. The number of hydrogen-bond acceptors (Lipinski definition) is 2. The molecule has 2 N–H and O–H groups in total. The first-order valence-corrected chi connectivity index (χ1v) is 3.65. The molecule has 0 radical (unpaired) electrons. The van der Waals surface area contributed by atoms with Gasteiger partial charge in [-0.1, -0.05) is 0 Å². The highest BCUT2D eigenvalue weighted by molar-refractivity contribution is 6.06. The molecule has 0 spiro atoms. The molecule has 1 saturated heterocycles. The van der Waals surface area contributed by atoms with Gasteiger partial charge < -0.3 is 5.32 Å². The van der Waals surface area contributed by atoms with E-state index in [9.17, 15) is 9.59 Å². The monoisotopic (exact) mass is 166 g/mol. The molecule has 1 rings (SSSR count). The number of hydrogen-bond donors (Lipinski definition) is 2. The minimum Gasteiger partial charge on any atom is -0.324 e. The summed E-state index contributed by atoms with van der Waals surface area (Å²) in [6.45, 7) is 1.66. The fourth-order valence-electron chi connectivity index (χ4n) is 1.08. The van der Waals surface area contributed by atoms with Crippen molar-refractivity contribution in [2.45, 2.75) is 25.3 Å². The number of rotatable bonds is 2. The molecule has 1 aliphatic heterocycles. The molecular weight excluding hydrogens is 156 g/mol. The molecular formula is C8H10N2O2. The highest BCUT2D eigenvalue weighted by Gasteiger charge is 2.40. The molecule has 1 unspecified atom stereocenters. The predicted octanol–water partition coefficient (Wildman–Crippen LogP) is -0.00210. The summed E-state index contributed by atoms with van der Waals surface area (Å²) in [6, 6.07) is -0.445. The van der Waals surface area contributed by atoms with Gasteiger partial charge in [-0.15, -0.1) is 12.3 Å². The van der Waals surface area contributed by atoms with Crippen LogP contribution in [-0.2, 0) is 4.79 Å². The normalized spacial score (nSPS) is 27.7. The van der Waals surface area contributed by atoms with Gasteiger partial charge in [-0.05, 0) is 13.3 Å². The van der Waals surface area contributed by atoms with Crippen LogP contribution in [0.3, 0.4) is 0 Å². The highest BCUT2D eigenvalue weighted by Crippen LogP contribution is 2.15. The molecule has 64 valence electrons. The summed E-state index contributed by atoms with van der Waals surface area (Å²) >= 11 is 0. The second-order valence-electron chi connectivity index (χ2n) is 2.94. The lowest BCUT2D eigenvalue weighted by atomic mass is 9.97. The summed E-state index contributed by atoms with van der Waals surface area (Å²) in [6.07, 6.45) is 6.00. The van der Waals surface area contributed by atoms with Gasteiger partial charge in [0.1, 0.15) is 5.54 Å². The van der Waals surface area contributed by atoms with Crippen LogP contribution in [0.4, 0.5) is 4.79 Å². The molecule has 1 fully saturated rings. The van der Waals surface area contributed by atoms with Gasteiger partial charge in [0.15, 0.2) is 0 Å². The Kier molecular flexibility index (Phi) is 2.05. The van der Waals surface area contributed by atoms with Crippen LogP contribution in [0.25, 0.3) is 0 Å². The fraction of sp³-hybridized carbons (Fsp3) is 0.500. The van der Waals surface area contributed by atoms with Crippen molar-refractivity contribution in [1.82, 2.24) is 10.6 Å². The Hall–Kier alpha value is -1.50. The van der Waals surface area contributed by atoms with E-state index in [1.165, 1.54) is 0 Å². The number of imide groups is 1. The number of carbonyl (C=O) groups excluding carboxylic acids is 2. The molecule has 0 aromatic rings. The van der Waals surface area contributed by atoms with Crippen molar-refractivity contribution in [3.63, 3.8) is 0 Å². The first kappa shape index (κ1) is 8.60. The minimum absolute atomic E-state index is 0.303. The maximum Gasteiger partial charge on any atom is 0.322 e. The van der Waals surface area contributed by atoms with E-state index in [0.29, 0.717) is 12.8 Å². The van der Waals surface area contributed by atoms with Crippen molar-refractivity contribution in [3.8, 4) is 12.3 Å². The quantitative estimate of drug-likeness (QED) is 0.448. The molecule has 4 heteroatoms. The Bertz CT molecular complexity index is 267. The van der Waals surface area contributed by atoms with Crippen molar-refractivity contribution < 1.29 is 9.59 Å². The van der Waals surface area contributed by atoms with Crippen LogP contribution >= 0.6 is 0 Å². The largest absolute Gasteiger partial charge is 0.324 e. The van der Waals surface area contributed by atoms with Gasteiger partial charge in [0.2, 0.25) is 0 Å². The summed E-state index contributed by atoms with van der Waals surface area (Å²) in [5, 5.41) is 4.68. The van der Waals surface area contributed by atoms with Gasteiger partial charge >= 0.3 is 6.03 Å². The molecule has 1 heterocycles. The Labute approximate surface area is 70.7 Å². The Morgan fingerprint density at radius 3 is 2.67 bits per heavy atom. The third-order valence-electron chi connectivity index (χ3n) is 1.89. The molecule has 0 aromatic carbocycles. The van der Waals surface area contributed by atoms with E-state index in [1.807, 2.05) is 0 Å². The zero-order valence-electron chi connectivity index (χ0n) is 6.81. The lowest BCUT2D eigenvalue weighted by Crippen LogP contribution is -2.43. The number of urea groups is 1. The first-order valence-electron chi connectivity index (χ1n) is 3.65. The topological polar surface area (TPSA) is 58.2 Å². The lowest BCUT2D eigenvalue weighted by Gasteiger charge is -2.18. The second-order valence-corrected chi connectivity index (χ2v) is 2.94. The molecule has 3 amide bonds. The summed E-state index contributed by atoms with van der Waals surface area (Å²) in [4.78, 5) is 21.9. The van der Waals surface area contributed by atoms with Crippen molar-refractivity contribution in [1.29, 1.82) is 0 Å². The van der Waals surface area contributed by atoms with Crippen molar-refractivity contribution >= 4 is 11.9 Å². The maximum atomic E-state index is 11.1. The molecule has 0 saturated carbocycles. The number of amides is 3. The van der Waals surface area contributed by atoms with Gasteiger partial charge in [0.25, 0.3) is 5.91 Å². The van der Waals surface area contributed by atoms with Crippen molar-refractivity contribution in [2.75, 3.05) is 0 Å². The van der Waals surface area contributed by atoms with Crippen LogP contribution in [0.5, 0.6) is 0 Å². The zero-order chi connectivity index (χ0) is 9.19. The maximum absolute atomic E-state index is 11.1. The van der Waals surface area contributed by atoms with E-state index in [2.05, 4.69) is 16.6 Å². The third-order valence-corrected chi connectivity index (χ3v) is 1.89. The SMILES string of the molecule is C#CCCC1(C)NC(=O)NC1=O. The van der Waals surface area contributed by atoms with Crippen LogP contribution < -0.4 is 10.6 Å². The van der Waals surface area contributed by atoms with Crippen LogP contribution in [0.15, 0.2) is 0 Å². The van der Waals surface area contributed by atoms with E-state index in [4.69, 9.17) is 6.42 Å². The van der Waals surface area contributed by atoms with E-state index >= 15 is 0 Å². The summed E-state index contributed by atoms with van der Waals surface area (Å²) in [7, 11) is 0. The number of terminal acetylenes is 1. The second kappa shape index (κ2) is 2.86. The molecule has 0 aliphatic carbocycles. The molecule has 0 aromatic heterocycles. The highest BCUT2D eigenvalue weighted by atomic mass is 16.2. The summed E-state index contributed by atoms with van der Waals surface area (Å²) in [5.74, 6) is 2.12. The van der Waals surface area contributed by atoms with Crippen LogP contribution in [0.2, 0.25) is 0 Å². The predicted molar refractivity (Wildman–Crippen MR) is 43.1 cm³/mol. The van der Waals surface area contributed by atoms with Gasteiger partial charge in [-0.3, -0.25) is 10.1 Å². The average molecular weight is 166 g/mol. The lowest BCUT2D eigenvalue weighted by molar-refractivity contribution is -0.123. The van der Waals surface area contributed by atoms with Crippen molar-refractivity contribution in [3.05, 3.63) is 0 Å². The Balaban J connectivity index is 2.66. The van der Waals surface area contributed by atoms with Crippen LogP contribution in [-0.4, -0.2) is 17.5 Å². The molecule has 4 nitrogen and oxygen atoms in total. The van der Waals surface area contributed by atoms with E-state index in [0.717, 1.165) is 0 Å². The van der Waals surface area contributed by atoms with Gasteiger partial charge in [-0.25, -0.2) is 4.79 Å². The average Bonchev–Trinajstić information content (AvgIpc) is 2.23. The van der Waals surface area contributed by atoms with Crippen LogP contribution in [0, 0.1) is 12.3 Å². The summed E-state index contributed by atoms with van der Waals surface area (Å²) < 4.78 is 0. The number of nitrogens with one attached hydrogen (secondary N) is 2. The third kappa shape index (κ3) is 1.40. The molecule has 1 atom stereocenters. The van der Waals surface area contributed by atoms with Gasteiger partial charge in [-0.2, -0.15) is 0 Å². The zero-order valence-corrected chi connectivity index (χ0v) is 6.81. The standard InChI is InChI=1S/C8H10N2O2/c1-3-4-5-8(2)6(11)9-7(12)10-8/h1H,4-5H2,2H3,(H2,9,10,11,12). The number of carbonyl (C=O) groups is 2.